The number of alkyl halides is 3. The summed E-state index contributed by atoms with van der Waals surface area (Å²) in [5.41, 5.74) is 3.52. The van der Waals surface area contributed by atoms with E-state index < -0.39 is 6.36 Å². The Morgan fingerprint density at radius 1 is 0.920 bits per heavy atom. The fourth-order valence-electron chi connectivity index (χ4n) is 2.75. The van der Waals surface area contributed by atoms with Crippen LogP contribution in [0.1, 0.15) is 24.0 Å². The van der Waals surface area contributed by atoms with E-state index in [2.05, 4.69) is 10.8 Å². The summed E-state index contributed by atoms with van der Waals surface area (Å²) in [6, 6.07) is 11.2. The van der Waals surface area contributed by atoms with E-state index in [9.17, 15) is 13.2 Å². The third kappa shape index (κ3) is 4.39. The van der Waals surface area contributed by atoms with Crippen LogP contribution in [0.15, 0.2) is 54.6 Å². The minimum absolute atomic E-state index is 0.238. The summed E-state index contributed by atoms with van der Waals surface area (Å²) in [5, 5.41) is 1.12. The summed E-state index contributed by atoms with van der Waals surface area (Å²) in [4.78, 5) is 0. The zero-order valence-electron chi connectivity index (χ0n) is 12.9. The van der Waals surface area contributed by atoms with Crippen LogP contribution in [0.5, 0.6) is 5.75 Å². The van der Waals surface area contributed by atoms with Crippen molar-refractivity contribution in [1.29, 1.82) is 0 Å². The Kier molecular flexibility index (Phi) is 5.11. The van der Waals surface area contributed by atoms with Gasteiger partial charge in [-0.2, -0.15) is 0 Å². The highest BCUT2D eigenvalue weighted by Crippen LogP contribution is 2.37. The van der Waals surface area contributed by atoms with E-state index in [1.54, 1.807) is 30.3 Å². The summed E-state index contributed by atoms with van der Waals surface area (Å²) in [5.74, 6) is -0.238. The van der Waals surface area contributed by atoms with Crippen LogP contribution in [0, 0.1) is 0 Å². The Morgan fingerprint density at radius 3 is 2.16 bits per heavy atom. The molecule has 2 aromatic rings. The summed E-state index contributed by atoms with van der Waals surface area (Å²) in [6.45, 7) is 0. The monoisotopic (exact) mass is 384 g/mol. The van der Waals surface area contributed by atoms with Gasteiger partial charge >= 0.3 is 6.36 Å². The number of ether oxygens (including phenoxy) is 1. The first-order chi connectivity index (χ1) is 11.8. The molecule has 0 radical (unpaired) electrons. The number of allylic oxidation sites excluding steroid dienone is 4. The lowest BCUT2D eigenvalue weighted by atomic mass is 9.90. The fourth-order valence-corrected chi connectivity index (χ4v) is 3.36. The Balaban J connectivity index is 1.88. The van der Waals surface area contributed by atoms with Crippen LogP contribution in [0.25, 0.3) is 11.1 Å². The van der Waals surface area contributed by atoms with Gasteiger partial charge in [-0.15, -0.1) is 13.2 Å². The van der Waals surface area contributed by atoms with E-state index in [0.29, 0.717) is 10.0 Å². The molecule has 0 atom stereocenters. The van der Waals surface area contributed by atoms with Gasteiger partial charge in [-0.3, -0.25) is 0 Å². The molecule has 0 amide bonds. The largest absolute Gasteiger partial charge is 0.573 e. The second-order valence-corrected chi connectivity index (χ2v) is 6.35. The maximum atomic E-state index is 12.2. The van der Waals surface area contributed by atoms with Gasteiger partial charge in [0.15, 0.2) is 0 Å². The molecular formula is C19H13Cl2F3O. The molecule has 0 bridgehead atoms. The van der Waals surface area contributed by atoms with Crippen molar-refractivity contribution in [2.75, 3.05) is 0 Å². The topological polar surface area (TPSA) is 9.23 Å². The van der Waals surface area contributed by atoms with Crippen LogP contribution in [-0.2, 0) is 0 Å². The molecule has 0 saturated heterocycles. The second-order valence-electron chi connectivity index (χ2n) is 5.54. The molecular weight excluding hydrogens is 372 g/mol. The fraction of sp³-hybridized carbons (Fsp3) is 0.158. The van der Waals surface area contributed by atoms with Gasteiger partial charge in [-0.1, -0.05) is 53.6 Å². The average Bonchev–Trinajstić information content (AvgIpc) is 2.54. The van der Waals surface area contributed by atoms with E-state index in [0.717, 1.165) is 35.1 Å². The highest BCUT2D eigenvalue weighted by atomic mass is 35.5. The zero-order chi connectivity index (χ0) is 18.0. The molecule has 0 fully saturated rings. The lowest BCUT2D eigenvalue weighted by Gasteiger charge is -2.17. The normalized spacial score (nSPS) is 14.8. The molecule has 2 aromatic carbocycles. The van der Waals surface area contributed by atoms with Gasteiger partial charge < -0.3 is 4.74 Å². The average molecular weight is 385 g/mol. The maximum Gasteiger partial charge on any atom is 0.573 e. The number of hydrogen-bond acceptors (Lipinski definition) is 1. The van der Waals surface area contributed by atoms with Crippen LogP contribution < -0.4 is 4.74 Å². The molecule has 1 aliphatic rings. The van der Waals surface area contributed by atoms with Crippen molar-refractivity contribution in [2.24, 2.45) is 0 Å². The summed E-state index contributed by atoms with van der Waals surface area (Å²) in [7, 11) is 0. The summed E-state index contributed by atoms with van der Waals surface area (Å²) >= 11 is 12.5. The first-order valence-electron chi connectivity index (χ1n) is 7.55. The third-order valence-electron chi connectivity index (χ3n) is 3.82. The molecule has 130 valence electrons. The van der Waals surface area contributed by atoms with Crippen LogP contribution in [0.3, 0.4) is 0 Å². The summed E-state index contributed by atoms with van der Waals surface area (Å²) in [6.07, 6.45) is 0.908. The van der Waals surface area contributed by atoms with Crippen molar-refractivity contribution < 1.29 is 17.9 Å². The smallest absolute Gasteiger partial charge is 0.406 e. The van der Waals surface area contributed by atoms with Crippen LogP contribution in [-0.4, -0.2) is 6.36 Å². The van der Waals surface area contributed by atoms with Crippen LogP contribution in [0.4, 0.5) is 13.2 Å². The standard InChI is InChI=1S/C19H13Cl2F3O/c20-16-5-2-6-17(21)18(16)14-4-1-3-13(11-14)12-7-9-15(10-8-12)25-19(22,23)24/h2,4-11H,1,3H2. The molecule has 0 unspecified atom stereocenters. The van der Waals surface area contributed by atoms with E-state index in [1.165, 1.54) is 12.1 Å². The van der Waals surface area contributed by atoms with E-state index in [4.69, 9.17) is 23.2 Å². The molecule has 3 rings (SSSR count). The molecule has 0 N–H and O–H groups in total. The van der Waals surface area contributed by atoms with Crippen LogP contribution >= 0.6 is 23.2 Å². The van der Waals surface area contributed by atoms with Crippen molar-refractivity contribution in [3.8, 4) is 5.75 Å². The van der Waals surface area contributed by atoms with Gasteiger partial charge in [0, 0.05) is 15.6 Å². The van der Waals surface area contributed by atoms with Crippen LogP contribution in [0.2, 0.25) is 10.0 Å². The lowest BCUT2D eigenvalue weighted by Crippen LogP contribution is -2.17. The maximum absolute atomic E-state index is 12.2. The minimum atomic E-state index is -4.69. The van der Waals surface area contributed by atoms with E-state index in [-0.39, 0.29) is 5.75 Å². The van der Waals surface area contributed by atoms with Crippen molar-refractivity contribution in [1.82, 2.24) is 0 Å². The van der Waals surface area contributed by atoms with Gasteiger partial charge in [0.2, 0.25) is 0 Å². The molecule has 0 aromatic heterocycles. The van der Waals surface area contributed by atoms with Gasteiger partial charge in [0.05, 0.1) is 0 Å². The van der Waals surface area contributed by atoms with Crippen molar-refractivity contribution in [3.63, 3.8) is 0 Å². The lowest BCUT2D eigenvalue weighted by molar-refractivity contribution is -0.274. The molecule has 25 heavy (non-hydrogen) atoms. The Labute approximate surface area is 153 Å². The predicted octanol–water partition coefficient (Wildman–Crippen LogP) is 7.15. The first-order valence-corrected chi connectivity index (χ1v) is 8.30. The van der Waals surface area contributed by atoms with Gasteiger partial charge in [0.1, 0.15) is 5.75 Å². The SMILES string of the molecule is FC(F)(F)Oc1ccc(C2=CC(c3c(Cl)cccc3Cl)=CCC2)cc1. The Morgan fingerprint density at radius 2 is 1.56 bits per heavy atom. The molecule has 1 aliphatic carbocycles. The highest BCUT2D eigenvalue weighted by molar-refractivity contribution is 6.37. The minimum Gasteiger partial charge on any atom is -0.406 e. The van der Waals surface area contributed by atoms with Crippen molar-refractivity contribution in [2.45, 2.75) is 19.2 Å². The second kappa shape index (κ2) is 7.14. The molecule has 0 aliphatic heterocycles. The van der Waals surface area contributed by atoms with Crippen molar-refractivity contribution >= 4 is 34.3 Å². The molecule has 0 spiro atoms. The highest BCUT2D eigenvalue weighted by Gasteiger charge is 2.31. The van der Waals surface area contributed by atoms with Crippen molar-refractivity contribution in [3.05, 3.63) is 75.8 Å². The number of halogens is 5. The molecule has 0 heterocycles. The number of benzene rings is 2. The quantitative estimate of drug-likeness (QED) is 0.545. The molecule has 1 nitrogen and oxygen atoms in total. The van der Waals surface area contributed by atoms with E-state index >= 15 is 0 Å². The summed E-state index contributed by atoms with van der Waals surface area (Å²) < 4.78 is 40.6. The Hall–Kier alpha value is -1.91. The third-order valence-corrected chi connectivity index (χ3v) is 4.45. The molecule has 0 saturated carbocycles. The number of rotatable bonds is 3. The Bertz CT molecular complexity index is 816. The first kappa shape index (κ1) is 17.9. The van der Waals surface area contributed by atoms with Gasteiger partial charge in [-0.05, 0) is 53.8 Å². The molecule has 6 heteroatoms. The van der Waals surface area contributed by atoms with E-state index in [1.807, 2.05) is 6.08 Å². The van der Waals surface area contributed by atoms with Gasteiger partial charge in [0.25, 0.3) is 0 Å². The number of hydrogen-bond donors (Lipinski definition) is 0. The zero-order valence-corrected chi connectivity index (χ0v) is 14.4. The van der Waals surface area contributed by atoms with Gasteiger partial charge in [-0.25, -0.2) is 0 Å². The predicted molar refractivity (Wildman–Crippen MR) is 94.8 cm³/mol.